The van der Waals surface area contributed by atoms with Crippen molar-refractivity contribution in [3.05, 3.63) is 0 Å². The van der Waals surface area contributed by atoms with Gasteiger partial charge in [-0.15, -0.1) is 0 Å². The maximum absolute atomic E-state index is 11.0. The van der Waals surface area contributed by atoms with Gasteiger partial charge in [-0.05, 0) is 6.42 Å². The number of carbonyl (C=O) groups is 2. The average Bonchev–Trinajstić information content (AvgIpc) is 2.12. The first kappa shape index (κ1) is 14.1. The standard InChI is InChI=1S/C8H14O6S/c1-2-3-4-14-8(10)5-7(6-9)15(11,12)13/h6-7H,2-5H2,1H3,(H,11,12,13). The van der Waals surface area contributed by atoms with E-state index in [0.717, 1.165) is 6.42 Å². The van der Waals surface area contributed by atoms with Crippen LogP contribution in [-0.2, 0) is 24.4 Å². The number of unbranched alkanes of at least 4 members (excludes halogenated alkanes) is 1. The molecule has 0 aliphatic rings. The second-order valence-corrected chi connectivity index (χ2v) is 4.60. The molecule has 0 aromatic heterocycles. The van der Waals surface area contributed by atoms with E-state index in [0.29, 0.717) is 6.42 Å². The van der Waals surface area contributed by atoms with Gasteiger partial charge in [-0.1, -0.05) is 13.3 Å². The van der Waals surface area contributed by atoms with Gasteiger partial charge in [-0.25, -0.2) is 0 Å². The molecule has 0 saturated carbocycles. The van der Waals surface area contributed by atoms with Crippen LogP contribution in [0, 0.1) is 0 Å². The Morgan fingerprint density at radius 2 is 2.13 bits per heavy atom. The minimum absolute atomic E-state index is 0.0103. The van der Waals surface area contributed by atoms with Gasteiger partial charge >= 0.3 is 5.97 Å². The van der Waals surface area contributed by atoms with Crippen LogP contribution in [0.1, 0.15) is 26.2 Å². The monoisotopic (exact) mass is 238 g/mol. The van der Waals surface area contributed by atoms with Crippen molar-refractivity contribution < 1.29 is 27.3 Å². The molecule has 0 aliphatic heterocycles. The fourth-order valence-electron chi connectivity index (χ4n) is 0.777. The van der Waals surface area contributed by atoms with Crippen LogP contribution < -0.4 is 0 Å². The van der Waals surface area contributed by atoms with Gasteiger partial charge in [0.2, 0.25) is 0 Å². The van der Waals surface area contributed by atoms with E-state index in [-0.39, 0.29) is 12.9 Å². The Morgan fingerprint density at radius 3 is 2.53 bits per heavy atom. The quantitative estimate of drug-likeness (QED) is 0.294. The number of hydrogen-bond acceptors (Lipinski definition) is 5. The van der Waals surface area contributed by atoms with E-state index < -0.39 is 27.8 Å². The van der Waals surface area contributed by atoms with Crippen LogP contribution in [0.5, 0.6) is 0 Å². The molecule has 1 N–H and O–H groups in total. The first-order valence-electron chi connectivity index (χ1n) is 4.49. The Kier molecular flexibility index (Phi) is 6.11. The summed E-state index contributed by atoms with van der Waals surface area (Å²) in [6.45, 7) is 2.09. The van der Waals surface area contributed by atoms with Crippen LogP contribution in [0.3, 0.4) is 0 Å². The van der Waals surface area contributed by atoms with Gasteiger partial charge < -0.3 is 9.53 Å². The lowest BCUT2D eigenvalue weighted by molar-refractivity contribution is -0.144. The second-order valence-electron chi connectivity index (χ2n) is 2.97. The highest BCUT2D eigenvalue weighted by Gasteiger charge is 2.26. The lowest BCUT2D eigenvalue weighted by Crippen LogP contribution is -2.26. The molecular formula is C8H14O6S. The molecule has 0 radical (unpaired) electrons. The van der Waals surface area contributed by atoms with E-state index in [1.54, 1.807) is 0 Å². The molecule has 0 rings (SSSR count). The van der Waals surface area contributed by atoms with E-state index >= 15 is 0 Å². The van der Waals surface area contributed by atoms with E-state index in [4.69, 9.17) is 4.55 Å². The van der Waals surface area contributed by atoms with Gasteiger partial charge in [0.15, 0.2) is 5.25 Å². The van der Waals surface area contributed by atoms with Crippen molar-refractivity contribution in [3.8, 4) is 0 Å². The highest BCUT2D eigenvalue weighted by atomic mass is 32.2. The Labute approximate surface area is 88.4 Å². The highest BCUT2D eigenvalue weighted by Crippen LogP contribution is 2.03. The van der Waals surface area contributed by atoms with Crippen molar-refractivity contribution in [2.75, 3.05) is 6.61 Å². The molecule has 6 nitrogen and oxygen atoms in total. The third-order valence-corrected chi connectivity index (χ3v) is 2.71. The zero-order valence-corrected chi connectivity index (χ0v) is 9.20. The van der Waals surface area contributed by atoms with Gasteiger partial charge in [-0.2, -0.15) is 8.42 Å². The Morgan fingerprint density at radius 1 is 1.53 bits per heavy atom. The molecule has 15 heavy (non-hydrogen) atoms. The molecular weight excluding hydrogens is 224 g/mol. The smallest absolute Gasteiger partial charge is 0.307 e. The van der Waals surface area contributed by atoms with Crippen molar-refractivity contribution in [1.82, 2.24) is 0 Å². The highest BCUT2D eigenvalue weighted by molar-refractivity contribution is 7.87. The van der Waals surface area contributed by atoms with Gasteiger partial charge in [0, 0.05) is 0 Å². The molecule has 1 unspecified atom stereocenters. The number of ether oxygens (including phenoxy) is 1. The summed E-state index contributed by atoms with van der Waals surface area (Å²) in [6.07, 6.45) is 0.870. The van der Waals surface area contributed by atoms with Crippen LogP contribution in [0.15, 0.2) is 0 Å². The molecule has 0 spiro atoms. The van der Waals surface area contributed by atoms with E-state index in [1.807, 2.05) is 6.92 Å². The number of aldehydes is 1. The summed E-state index contributed by atoms with van der Waals surface area (Å²) in [5.74, 6) is -0.807. The molecule has 0 amide bonds. The maximum Gasteiger partial charge on any atom is 0.307 e. The number of hydrogen-bond donors (Lipinski definition) is 1. The van der Waals surface area contributed by atoms with Crippen LogP contribution in [0.25, 0.3) is 0 Å². The molecule has 0 bridgehead atoms. The molecule has 0 heterocycles. The third kappa shape index (κ3) is 6.19. The second kappa shape index (κ2) is 6.52. The van der Waals surface area contributed by atoms with Crippen molar-refractivity contribution in [2.45, 2.75) is 31.4 Å². The summed E-state index contributed by atoms with van der Waals surface area (Å²) < 4.78 is 34.3. The first-order chi connectivity index (χ1) is 6.91. The summed E-state index contributed by atoms with van der Waals surface area (Å²) in [6, 6.07) is 0. The minimum atomic E-state index is -4.51. The van der Waals surface area contributed by atoms with Crippen molar-refractivity contribution in [2.24, 2.45) is 0 Å². The van der Waals surface area contributed by atoms with Gasteiger partial charge in [0.25, 0.3) is 10.1 Å². The molecule has 0 aromatic rings. The molecule has 0 aliphatic carbocycles. The summed E-state index contributed by atoms with van der Waals surface area (Å²) in [5, 5.41) is -1.73. The number of rotatable bonds is 7. The molecule has 0 fully saturated rings. The van der Waals surface area contributed by atoms with Crippen molar-refractivity contribution in [1.29, 1.82) is 0 Å². The zero-order valence-electron chi connectivity index (χ0n) is 8.38. The third-order valence-electron chi connectivity index (χ3n) is 1.66. The SMILES string of the molecule is CCCCOC(=O)CC(C=O)S(=O)(=O)O. The molecule has 1 atom stereocenters. The molecule has 7 heteroatoms. The van der Waals surface area contributed by atoms with Crippen LogP contribution in [-0.4, -0.2) is 37.1 Å². The minimum Gasteiger partial charge on any atom is -0.466 e. The van der Waals surface area contributed by atoms with Crippen LogP contribution in [0.2, 0.25) is 0 Å². The van der Waals surface area contributed by atoms with Gasteiger partial charge in [-0.3, -0.25) is 9.35 Å². The number of esters is 1. The summed E-state index contributed by atoms with van der Waals surface area (Å²) in [7, 11) is -4.51. The Hall–Kier alpha value is -0.950. The maximum atomic E-state index is 11.0. The fraction of sp³-hybridized carbons (Fsp3) is 0.750. The predicted molar refractivity (Wildman–Crippen MR) is 51.9 cm³/mol. The summed E-state index contributed by atoms with van der Waals surface area (Å²) >= 11 is 0. The number of carbonyl (C=O) groups excluding carboxylic acids is 2. The predicted octanol–water partition coefficient (Wildman–Crippen LogP) is 0.175. The summed E-state index contributed by atoms with van der Waals surface area (Å²) in [5.41, 5.74) is 0. The fourth-order valence-corrected chi connectivity index (χ4v) is 1.26. The molecule has 88 valence electrons. The van der Waals surface area contributed by atoms with Crippen molar-refractivity contribution in [3.63, 3.8) is 0 Å². The topological polar surface area (TPSA) is 97.7 Å². The lowest BCUT2D eigenvalue weighted by atomic mass is 10.3. The Balaban J connectivity index is 4.09. The van der Waals surface area contributed by atoms with Gasteiger partial charge in [0.05, 0.1) is 13.0 Å². The largest absolute Gasteiger partial charge is 0.466 e. The van der Waals surface area contributed by atoms with E-state index in [1.165, 1.54) is 0 Å². The Bertz CT molecular complexity index is 307. The zero-order chi connectivity index (χ0) is 11.9. The van der Waals surface area contributed by atoms with Crippen molar-refractivity contribution >= 4 is 22.4 Å². The first-order valence-corrected chi connectivity index (χ1v) is 5.99. The lowest BCUT2D eigenvalue weighted by Gasteiger charge is -2.06. The van der Waals surface area contributed by atoms with E-state index in [2.05, 4.69) is 4.74 Å². The van der Waals surface area contributed by atoms with E-state index in [9.17, 15) is 18.0 Å². The molecule has 0 aromatic carbocycles. The summed E-state index contributed by atoms with van der Waals surface area (Å²) in [4.78, 5) is 21.2. The average molecular weight is 238 g/mol. The van der Waals surface area contributed by atoms with Gasteiger partial charge in [0.1, 0.15) is 6.29 Å². The van der Waals surface area contributed by atoms with Crippen LogP contribution in [0.4, 0.5) is 0 Å². The molecule has 0 saturated heterocycles. The normalized spacial score (nSPS) is 13.2. The van der Waals surface area contributed by atoms with Crippen LogP contribution >= 0.6 is 0 Å².